The number of allylic oxidation sites excluding steroid dienone is 3. The van der Waals surface area contributed by atoms with Gasteiger partial charge in [0, 0.05) is 24.8 Å². The fourth-order valence-electron chi connectivity index (χ4n) is 2.58. The quantitative estimate of drug-likeness (QED) is 0.608. The van der Waals surface area contributed by atoms with Gasteiger partial charge in [0.25, 0.3) is 5.69 Å². The highest BCUT2D eigenvalue weighted by atomic mass is 16.6. The first-order chi connectivity index (χ1) is 9.70. The van der Waals surface area contributed by atoms with Crippen molar-refractivity contribution in [2.45, 2.75) is 12.5 Å². The van der Waals surface area contributed by atoms with Crippen LogP contribution >= 0.6 is 0 Å². The molecule has 20 heavy (non-hydrogen) atoms. The van der Waals surface area contributed by atoms with E-state index >= 15 is 0 Å². The predicted molar refractivity (Wildman–Crippen MR) is 73.2 cm³/mol. The summed E-state index contributed by atoms with van der Waals surface area (Å²) in [5, 5.41) is 19.9. The Balaban J connectivity index is 1.93. The van der Waals surface area contributed by atoms with E-state index in [4.69, 9.17) is 0 Å². The Morgan fingerprint density at radius 3 is 2.70 bits per heavy atom. The number of nitro groups is 1. The predicted octanol–water partition coefficient (Wildman–Crippen LogP) is 3.20. The van der Waals surface area contributed by atoms with Gasteiger partial charge in [0.15, 0.2) is 0 Å². The zero-order valence-electron chi connectivity index (χ0n) is 10.6. The molecule has 1 atom stereocenters. The Hall–Kier alpha value is -2.87. The van der Waals surface area contributed by atoms with E-state index in [0.29, 0.717) is 6.42 Å². The molecule has 0 bridgehead atoms. The van der Waals surface area contributed by atoms with E-state index < -0.39 is 4.92 Å². The summed E-state index contributed by atoms with van der Waals surface area (Å²) in [6, 6.07) is 8.79. The zero-order valence-corrected chi connectivity index (χ0v) is 10.6. The molecule has 3 rings (SSSR count). The van der Waals surface area contributed by atoms with Crippen LogP contribution in [0.25, 0.3) is 0 Å². The van der Waals surface area contributed by atoms with Crippen LogP contribution in [0.2, 0.25) is 0 Å². The minimum atomic E-state index is -0.410. The van der Waals surface area contributed by atoms with Gasteiger partial charge in [-0.15, -0.1) is 0 Å². The Morgan fingerprint density at radius 1 is 1.30 bits per heavy atom. The van der Waals surface area contributed by atoms with Crippen LogP contribution in [0.1, 0.15) is 18.0 Å². The van der Waals surface area contributed by atoms with E-state index in [0.717, 1.165) is 16.8 Å². The van der Waals surface area contributed by atoms with Crippen molar-refractivity contribution in [1.82, 2.24) is 4.90 Å². The summed E-state index contributed by atoms with van der Waals surface area (Å²) < 4.78 is 0. The Kier molecular flexibility index (Phi) is 2.84. The highest BCUT2D eigenvalue weighted by Gasteiger charge is 2.31. The van der Waals surface area contributed by atoms with Gasteiger partial charge in [-0.2, -0.15) is 5.26 Å². The molecule has 2 aliphatic rings. The number of hydrogen-bond acceptors (Lipinski definition) is 4. The summed E-state index contributed by atoms with van der Waals surface area (Å²) in [5.41, 5.74) is 2.71. The first kappa shape index (κ1) is 12.2. The molecule has 0 radical (unpaired) electrons. The third kappa shape index (κ3) is 1.88. The number of non-ortho nitro benzene ring substituents is 1. The Labute approximate surface area is 115 Å². The Morgan fingerprint density at radius 2 is 2.05 bits per heavy atom. The first-order valence-corrected chi connectivity index (χ1v) is 6.21. The molecule has 1 aromatic carbocycles. The van der Waals surface area contributed by atoms with Gasteiger partial charge in [-0.1, -0.05) is 18.2 Å². The SMILES string of the molecule is N#CC1=C2C=CC=CN2C(c2ccc([N+](=O)[O-])cc2)C1. The number of fused-ring (bicyclic) bond motifs is 1. The number of nitriles is 1. The molecular weight excluding hydrogens is 254 g/mol. The summed E-state index contributed by atoms with van der Waals surface area (Å²) in [6.07, 6.45) is 8.30. The number of nitrogens with zero attached hydrogens (tertiary/aromatic N) is 3. The minimum Gasteiger partial charge on any atom is -0.339 e. The van der Waals surface area contributed by atoms with Crippen molar-refractivity contribution < 1.29 is 4.92 Å². The van der Waals surface area contributed by atoms with Gasteiger partial charge in [-0.25, -0.2) is 0 Å². The Bertz CT molecular complexity index is 693. The molecule has 0 amide bonds. The third-order valence-electron chi connectivity index (χ3n) is 3.56. The smallest absolute Gasteiger partial charge is 0.269 e. The summed E-state index contributed by atoms with van der Waals surface area (Å²) in [5.74, 6) is 0. The van der Waals surface area contributed by atoms with Gasteiger partial charge in [-0.3, -0.25) is 10.1 Å². The molecule has 5 nitrogen and oxygen atoms in total. The lowest BCUT2D eigenvalue weighted by molar-refractivity contribution is -0.384. The van der Waals surface area contributed by atoms with E-state index in [1.54, 1.807) is 12.1 Å². The van der Waals surface area contributed by atoms with E-state index in [9.17, 15) is 15.4 Å². The second-order valence-electron chi connectivity index (χ2n) is 4.65. The monoisotopic (exact) mass is 265 g/mol. The van der Waals surface area contributed by atoms with Crippen LogP contribution in [-0.4, -0.2) is 9.82 Å². The molecule has 5 heteroatoms. The molecule has 0 N–H and O–H groups in total. The fourth-order valence-corrected chi connectivity index (χ4v) is 2.58. The molecule has 0 saturated carbocycles. The molecule has 0 aliphatic carbocycles. The maximum absolute atomic E-state index is 10.7. The van der Waals surface area contributed by atoms with Gasteiger partial charge in [-0.05, 0) is 17.7 Å². The van der Waals surface area contributed by atoms with Gasteiger partial charge >= 0.3 is 0 Å². The molecule has 1 unspecified atom stereocenters. The minimum absolute atomic E-state index is 0.0293. The van der Waals surface area contributed by atoms with Crippen LogP contribution in [0.3, 0.4) is 0 Å². The number of hydrogen-bond donors (Lipinski definition) is 0. The average molecular weight is 265 g/mol. The van der Waals surface area contributed by atoms with Crippen molar-refractivity contribution in [3.8, 4) is 6.07 Å². The van der Waals surface area contributed by atoms with E-state index in [2.05, 4.69) is 6.07 Å². The molecule has 0 fully saturated rings. The highest BCUT2D eigenvalue weighted by Crippen LogP contribution is 2.41. The number of rotatable bonds is 2. The van der Waals surface area contributed by atoms with Gasteiger partial charge < -0.3 is 4.90 Å². The average Bonchev–Trinajstić information content (AvgIpc) is 2.86. The molecular formula is C15H11N3O2. The van der Waals surface area contributed by atoms with Crippen LogP contribution in [0, 0.1) is 21.4 Å². The van der Waals surface area contributed by atoms with Gasteiger partial charge in [0.05, 0.1) is 28.3 Å². The summed E-state index contributed by atoms with van der Waals surface area (Å²) in [6.45, 7) is 0. The molecule has 2 aliphatic heterocycles. The largest absolute Gasteiger partial charge is 0.339 e. The molecule has 2 heterocycles. The molecule has 0 saturated heterocycles. The van der Waals surface area contributed by atoms with Crippen LogP contribution in [0.5, 0.6) is 0 Å². The highest BCUT2D eigenvalue weighted by molar-refractivity contribution is 5.46. The summed E-state index contributed by atoms with van der Waals surface area (Å²) in [4.78, 5) is 12.3. The maximum atomic E-state index is 10.7. The fraction of sp³-hybridized carbons (Fsp3) is 0.133. The first-order valence-electron chi connectivity index (χ1n) is 6.21. The maximum Gasteiger partial charge on any atom is 0.269 e. The lowest BCUT2D eigenvalue weighted by atomic mass is 10.0. The van der Waals surface area contributed by atoms with Crippen molar-refractivity contribution in [1.29, 1.82) is 5.26 Å². The van der Waals surface area contributed by atoms with Crippen molar-refractivity contribution >= 4 is 5.69 Å². The summed E-state index contributed by atoms with van der Waals surface area (Å²) in [7, 11) is 0. The van der Waals surface area contributed by atoms with E-state index in [1.165, 1.54) is 12.1 Å². The van der Waals surface area contributed by atoms with Crippen LogP contribution in [0.4, 0.5) is 5.69 Å². The molecule has 1 aromatic rings. The van der Waals surface area contributed by atoms with Crippen LogP contribution < -0.4 is 0 Å². The normalized spacial score (nSPS) is 19.9. The van der Waals surface area contributed by atoms with Crippen molar-refractivity contribution in [3.63, 3.8) is 0 Å². The summed E-state index contributed by atoms with van der Waals surface area (Å²) >= 11 is 0. The third-order valence-corrected chi connectivity index (χ3v) is 3.56. The standard InChI is InChI=1S/C15H11N3O2/c16-10-12-9-15(17-8-2-1-3-14(12)17)11-4-6-13(7-5-11)18(19)20/h1-8,15H,9H2. The van der Waals surface area contributed by atoms with Gasteiger partial charge in [0.2, 0.25) is 0 Å². The number of benzene rings is 1. The van der Waals surface area contributed by atoms with Crippen molar-refractivity contribution in [2.24, 2.45) is 0 Å². The van der Waals surface area contributed by atoms with Crippen LogP contribution in [0.15, 0.2) is 60.0 Å². The van der Waals surface area contributed by atoms with Crippen LogP contribution in [-0.2, 0) is 0 Å². The van der Waals surface area contributed by atoms with E-state index in [-0.39, 0.29) is 11.7 Å². The second kappa shape index (κ2) is 4.67. The van der Waals surface area contributed by atoms with Crippen molar-refractivity contribution in [2.75, 3.05) is 0 Å². The lowest BCUT2D eigenvalue weighted by Gasteiger charge is -2.26. The zero-order chi connectivity index (χ0) is 14.1. The van der Waals surface area contributed by atoms with Crippen molar-refractivity contribution in [3.05, 3.63) is 75.6 Å². The lowest BCUT2D eigenvalue weighted by Crippen LogP contribution is -2.18. The van der Waals surface area contributed by atoms with Gasteiger partial charge in [0.1, 0.15) is 0 Å². The molecule has 98 valence electrons. The number of nitro benzene ring substituents is 1. The molecule has 0 spiro atoms. The second-order valence-corrected chi connectivity index (χ2v) is 4.65. The van der Waals surface area contributed by atoms with E-state index in [1.807, 2.05) is 29.3 Å². The molecule has 0 aromatic heterocycles. The topological polar surface area (TPSA) is 70.2 Å².